The lowest BCUT2D eigenvalue weighted by atomic mass is 10.1. The predicted molar refractivity (Wildman–Crippen MR) is 129 cm³/mol. The number of methoxy groups -OCH3 is 2. The molecule has 0 aliphatic carbocycles. The fourth-order valence-electron chi connectivity index (χ4n) is 3.96. The second-order valence-corrected chi connectivity index (χ2v) is 8.21. The molecule has 0 bridgehead atoms. The number of hydrogen-bond acceptors (Lipinski definition) is 10. The summed E-state index contributed by atoms with van der Waals surface area (Å²) in [6, 6.07) is 15.7. The van der Waals surface area contributed by atoms with E-state index in [2.05, 4.69) is 4.98 Å². The lowest BCUT2D eigenvalue weighted by molar-refractivity contribution is -0.127. The Morgan fingerprint density at radius 3 is 2.05 bits per heavy atom. The first kappa shape index (κ1) is 25.7. The number of esters is 2. The van der Waals surface area contributed by atoms with Crippen molar-refractivity contribution in [3.8, 4) is 5.75 Å². The molecule has 2 heterocycles. The van der Waals surface area contributed by atoms with Gasteiger partial charge < -0.3 is 19.0 Å². The van der Waals surface area contributed by atoms with Crippen molar-refractivity contribution in [1.29, 1.82) is 0 Å². The first-order valence-electron chi connectivity index (χ1n) is 11.4. The number of carbonyl (C=O) groups excluding carboxylic acids is 3. The summed E-state index contributed by atoms with van der Waals surface area (Å²) in [4.78, 5) is 61.3. The molecule has 37 heavy (non-hydrogen) atoms. The zero-order chi connectivity index (χ0) is 26.5. The highest BCUT2D eigenvalue weighted by Crippen LogP contribution is 2.33. The quantitative estimate of drug-likeness (QED) is 0.440. The summed E-state index contributed by atoms with van der Waals surface area (Å²) >= 11 is 0. The maximum atomic E-state index is 13.3. The Bertz CT molecular complexity index is 1360. The smallest absolute Gasteiger partial charge is 0.360 e. The van der Waals surface area contributed by atoms with Crippen molar-refractivity contribution >= 4 is 17.9 Å². The van der Waals surface area contributed by atoms with Gasteiger partial charge >= 0.3 is 17.9 Å². The summed E-state index contributed by atoms with van der Waals surface area (Å²) in [6.07, 6.45) is -0.0366. The van der Waals surface area contributed by atoms with Gasteiger partial charge in [0.2, 0.25) is 5.75 Å². The summed E-state index contributed by atoms with van der Waals surface area (Å²) in [5, 5.41) is 1.36. The fraction of sp³-hybridized carbons (Fsp3) is 0.269. The molecule has 1 saturated heterocycles. The van der Waals surface area contributed by atoms with E-state index in [1.165, 1.54) is 31.4 Å². The van der Waals surface area contributed by atoms with Gasteiger partial charge in [-0.1, -0.05) is 36.4 Å². The standard InChI is InChI=1S/C26H25N3O8/c1-28-22(19-14-18(34-2)15-29(19)37-25(32)17-12-8-5-9-13-17)27-20(26(33)35-3)21(23(28)30)36-24(31)16-10-6-4-7-11-16/h4-13,18-19H,14-15H2,1-3H3/t18-,19+/m1/s1. The Kier molecular flexibility index (Phi) is 7.75. The van der Waals surface area contributed by atoms with Crippen LogP contribution in [-0.4, -0.2) is 59.4 Å². The largest absolute Gasteiger partial charge is 0.464 e. The van der Waals surface area contributed by atoms with Crippen molar-refractivity contribution in [2.75, 3.05) is 20.8 Å². The SMILES string of the molecule is COC(=O)c1nc([C@@H]2C[C@@H](OC)CN2OC(=O)c2ccccc2)n(C)c(=O)c1OC(=O)c1ccccc1. The van der Waals surface area contributed by atoms with E-state index in [4.69, 9.17) is 19.0 Å². The monoisotopic (exact) mass is 507 g/mol. The average molecular weight is 507 g/mol. The molecule has 11 heteroatoms. The number of ether oxygens (including phenoxy) is 3. The summed E-state index contributed by atoms with van der Waals surface area (Å²) in [5.41, 5.74) is -0.741. The molecule has 3 aromatic rings. The van der Waals surface area contributed by atoms with E-state index in [-0.39, 0.29) is 24.0 Å². The highest BCUT2D eigenvalue weighted by Gasteiger charge is 2.40. The normalized spacial score (nSPS) is 17.3. The van der Waals surface area contributed by atoms with Crippen molar-refractivity contribution in [1.82, 2.24) is 14.6 Å². The van der Waals surface area contributed by atoms with Crippen molar-refractivity contribution < 1.29 is 33.4 Å². The van der Waals surface area contributed by atoms with Gasteiger partial charge in [0, 0.05) is 20.6 Å². The lowest BCUT2D eigenvalue weighted by Crippen LogP contribution is -2.35. The van der Waals surface area contributed by atoms with Gasteiger partial charge in [-0.15, -0.1) is 5.06 Å². The maximum Gasteiger partial charge on any atom is 0.360 e. The van der Waals surface area contributed by atoms with Gasteiger partial charge in [-0.3, -0.25) is 9.36 Å². The fourth-order valence-corrected chi connectivity index (χ4v) is 3.96. The molecule has 2 atom stereocenters. The summed E-state index contributed by atoms with van der Waals surface area (Å²) in [6.45, 7) is 0.202. The van der Waals surface area contributed by atoms with Crippen molar-refractivity contribution in [2.24, 2.45) is 7.05 Å². The second kappa shape index (κ2) is 11.1. The van der Waals surface area contributed by atoms with Gasteiger partial charge in [0.15, 0.2) is 5.69 Å². The highest BCUT2D eigenvalue weighted by molar-refractivity contribution is 5.94. The molecule has 192 valence electrons. The topological polar surface area (TPSA) is 126 Å². The van der Waals surface area contributed by atoms with E-state index in [1.54, 1.807) is 48.5 Å². The van der Waals surface area contributed by atoms with E-state index < -0.39 is 41.0 Å². The molecule has 0 spiro atoms. The molecule has 11 nitrogen and oxygen atoms in total. The molecule has 1 fully saturated rings. The number of aromatic nitrogens is 2. The van der Waals surface area contributed by atoms with Crippen LogP contribution in [0.3, 0.4) is 0 Å². The van der Waals surface area contributed by atoms with Gasteiger partial charge in [-0.05, 0) is 24.3 Å². The summed E-state index contributed by atoms with van der Waals surface area (Å²) < 4.78 is 16.7. The molecule has 0 saturated carbocycles. The number of rotatable bonds is 7. The molecule has 0 unspecified atom stereocenters. The Morgan fingerprint density at radius 1 is 0.892 bits per heavy atom. The van der Waals surface area contributed by atoms with Crippen LogP contribution in [0.15, 0.2) is 65.5 Å². The van der Waals surface area contributed by atoms with Crippen LogP contribution in [-0.2, 0) is 21.4 Å². The third kappa shape index (κ3) is 5.42. The molecule has 0 N–H and O–H groups in total. The molecular formula is C26H25N3O8. The van der Waals surface area contributed by atoms with Gasteiger partial charge in [0.25, 0.3) is 5.56 Å². The Morgan fingerprint density at radius 2 is 1.49 bits per heavy atom. The average Bonchev–Trinajstić information content (AvgIpc) is 3.34. The van der Waals surface area contributed by atoms with Gasteiger partial charge in [0.05, 0.1) is 30.9 Å². The Balaban J connectivity index is 1.72. The maximum absolute atomic E-state index is 13.3. The van der Waals surface area contributed by atoms with E-state index in [1.807, 2.05) is 0 Å². The minimum Gasteiger partial charge on any atom is -0.464 e. The zero-order valence-electron chi connectivity index (χ0n) is 20.5. The predicted octanol–water partition coefficient (Wildman–Crippen LogP) is 2.32. The molecule has 1 aromatic heterocycles. The van der Waals surface area contributed by atoms with Gasteiger partial charge in [0.1, 0.15) is 11.9 Å². The van der Waals surface area contributed by atoms with Crippen LogP contribution in [0.25, 0.3) is 0 Å². The Labute approximate surface area is 212 Å². The van der Waals surface area contributed by atoms with Crippen LogP contribution < -0.4 is 10.3 Å². The molecule has 1 aliphatic heterocycles. The zero-order valence-corrected chi connectivity index (χ0v) is 20.5. The molecule has 0 amide bonds. The van der Waals surface area contributed by atoms with E-state index in [0.717, 1.165) is 11.7 Å². The summed E-state index contributed by atoms with van der Waals surface area (Å²) in [7, 11) is 4.06. The molecule has 1 aliphatic rings. The first-order chi connectivity index (χ1) is 17.8. The highest BCUT2D eigenvalue weighted by atomic mass is 16.7. The number of carbonyl (C=O) groups is 3. The van der Waals surface area contributed by atoms with Crippen LogP contribution in [0, 0.1) is 0 Å². The number of hydrogen-bond donors (Lipinski definition) is 0. The number of benzene rings is 2. The molecular weight excluding hydrogens is 482 g/mol. The minimum atomic E-state index is -0.969. The van der Waals surface area contributed by atoms with Crippen LogP contribution in [0.1, 0.15) is 49.5 Å². The Hall–Kier alpha value is -4.35. The third-order valence-corrected chi connectivity index (χ3v) is 5.93. The third-order valence-electron chi connectivity index (χ3n) is 5.93. The van der Waals surface area contributed by atoms with Crippen molar-refractivity contribution in [2.45, 2.75) is 18.6 Å². The molecule has 4 rings (SSSR count). The van der Waals surface area contributed by atoms with E-state index in [0.29, 0.717) is 12.0 Å². The van der Waals surface area contributed by atoms with Gasteiger partial charge in [-0.25, -0.2) is 19.4 Å². The van der Waals surface area contributed by atoms with Crippen LogP contribution >= 0.6 is 0 Å². The van der Waals surface area contributed by atoms with Crippen molar-refractivity contribution in [3.63, 3.8) is 0 Å². The van der Waals surface area contributed by atoms with Crippen molar-refractivity contribution in [3.05, 3.63) is 93.7 Å². The number of hydroxylamine groups is 2. The first-order valence-corrected chi connectivity index (χ1v) is 11.4. The lowest BCUT2D eigenvalue weighted by Gasteiger charge is -2.24. The summed E-state index contributed by atoms with van der Waals surface area (Å²) in [5.74, 6) is -2.87. The molecule has 0 radical (unpaired) electrons. The van der Waals surface area contributed by atoms with E-state index in [9.17, 15) is 19.2 Å². The molecule has 2 aromatic carbocycles. The number of nitrogens with zero attached hydrogens (tertiary/aromatic N) is 3. The van der Waals surface area contributed by atoms with Gasteiger partial charge in [-0.2, -0.15) is 0 Å². The second-order valence-electron chi connectivity index (χ2n) is 8.21. The minimum absolute atomic E-state index is 0.102. The van der Waals surface area contributed by atoms with Crippen LogP contribution in [0.4, 0.5) is 0 Å². The van der Waals surface area contributed by atoms with Crippen LogP contribution in [0.2, 0.25) is 0 Å². The van der Waals surface area contributed by atoms with Crippen LogP contribution in [0.5, 0.6) is 5.75 Å². The van der Waals surface area contributed by atoms with E-state index >= 15 is 0 Å².